The van der Waals surface area contributed by atoms with E-state index in [2.05, 4.69) is 9.80 Å². The molecule has 4 aliphatic rings. The van der Waals surface area contributed by atoms with Crippen LogP contribution >= 0.6 is 0 Å². The van der Waals surface area contributed by atoms with Gasteiger partial charge in [-0.1, -0.05) is 108 Å². The molecule has 4 fully saturated rings. The SMILES string of the molecule is CC(C)C[C@@H](C(=O)O[C@H](C)C(=O)N(C)[C@@H](CC1CC1)C(=O)O[C@H](Cc1ccc(N2CCOCC2)cc1)C(=O)N(C)[C@@H](CC(C)C)C(=O)O[C@H](C)C(=O)OCc1ccccc1)N(C)C(=O)[C@@H](Cc1ccc(N2CCOCC2)cc1)OC(=O)[C@H](CC1CC1)N(C)COC(C)(C)C. The minimum Gasteiger partial charge on any atom is -0.458 e. The van der Waals surface area contributed by atoms with Gasteiger partial charge in [0.1, 0.15) is 37.5 Å². The molecule has 0 aromatic heterocycles. The summed E-state index contributed by atoms with van der Waals surface area (Å²) in [6.07, 6.45) is -1.32. The highest BCUT2D eigenvalue weighted by Crippen LogP contribution is 2.37. The fraction of sp³-hybridized carbons (Fsp3) is 0.639. The van der Waals surface area contributed by atoms with E-state index in [9.17, 15) is 28.8 Å². The van der Waals surface area contributed by atoms with Gasteiger partial charge in [0.05, 0.1) is 32.0 Å². The molecule has 0 radical (unpaired) electrons. The smallest absolute Gasteiger partial charge is 0.347 e. The van der Waals surface area contributed by atoms with Crippen LogP contribution in [0.1, 0.15) is 130 Å². The fourth-order valence-electron chi connectivity index (χ4n) is 11.5. The summed E-state index contributed by atoms with van der Waals surface area (Å²) in [5.41, 5.74) is 3.57. The number of anilines is 2. The zero-order chi connectivity index (χ0) is 68.4. The normalized spacial score (nSPS) is 17.8. The molecule has 22 nitrogen and oxygen atoms in total. The Morgan fingerprint density at radius 2 is 0.872 bits per heavy atom. The van der Waals surface area contributed by atoms with Crippen molar-refractivity contribution in [3.63, 3.8) is 0 Å². The summed E-state index contributed by atoms with van der Waals surface area (Å²) in [5, 5.41) is 0. The van der Waals surface area contributed by atoms with E-state index >= 15 is 9.59 Å². The number of amides is 3. The van der Waals surface area contributed by atoms with E-state index in [1.807, 2.05) is 120 Å². The molecular weight excluding hydrogens is 1200 g/mol. The molecule has 3 amide bonds. The van der Waals surface area contributed by atoms with Crippen molar-refractivity contribution in [3.05, 3.63) is 95.6 Å². The molecule has 7 rings (SSSR count). The first-order valence-corrected chi connectivity index (χ1v) is 33.7. The molecule has 2 heterocycles. The van der Waals surface area contributed by atoms with Crippen molar-refractivity contribution in [2.45, 2.75) is 187 Å². The quantitative estimate of drug-likeness (QED) is 0.0315. The van der Waals surface area contributed by atoms with Gasteiger partial charge in [0.25, 0.3) is 17.7 Å². The summed E-state index contributed by atoms with van der Waals surface area (Å²) in [6.45, 7) is 21.5. The van der Waals surface area contributed by atoms with Crippen molar-refractivity contribution < 1.29 is 76.3 Å². The summed E-state index contributed by atoms with van der Waals surface area (Å²) in [5.74, 6) is -6.02. The highest BCUT2D eigenvalue weighted by Gasteiger charge is 2.44. The maximum atomic E-state index is 15.1. The predicted octanol–water partition coefficient (Wildman–Crippen LogP) is 7.82. The number of likely N-dealkylation sites (N-methyl/N-ethyl adjacent to an activating group) is 4. The number of benzene rings is 3. The Kier molecular flexibility index (Phi) is 27.7. The van der Waals surface area contributed by atoms with Crippen LogP contribution in [0.3, 0.4) is 0 Å². The molecule has 0 N–H and O–H groups in total. The number of carbonyl (C=O) groups excluding carboxylic acids is 8. The zero-order valence-corrected chi connectivity index (χ0v) is 57.8. The summed E-state index contributed by atoms with van der Waals surface area (Å²) in [7, 11) is 6.12. The van der Waals surface area contributed by atoms with Crippen LogP contribution in [-0.4, -0.2) is 209 Å². The van der Waals surface area contributed by atoms with Gasteiger partial charge in [-0.25, -0.2) is 19.2 Å². The Balaban J connectivity index is 1.09. The van der Waals surface area contributed by atoms with Crippen molar-refractivity contribution >= 4 is 58.9 Å². The van der Waals surface area contributed by atoms with E-state index in [1.54, 1.807) is 19.2 Å². The Bertz CT molecular complexity index is 2960. The Morgan fingerprint density at radius 1 is 0.479 bits per heavy atom. The number of ether oxygens (including phenoxy) is 8. The Morgan fingerprint density at radius 3 is 1.29 bits per heavy atom. The lowest BCUT2D eigenvalue weighted by Gasteiger charge is -2.34. The molecule has 0 spiro atoms. The number of hydrogen-bond acceptors (Lipinski definition) is 19. The zero-order valence-electron chi connectivity index (χ0n) is 57.8. The predicted molar refractivity (Wildman–Crippen MR) is 354 cm³/mol. The van der Waals surface area contributed by atoms with Crippen LogP contribution in [0.15, 0.2) is 78.9 Å². The third-order valence-corrected chi connectivity index (χ3v) is 17.7. The fourth-order valence-corrected chi connectivity index (χ4v) is 11.5. The van der Waals surface area contributed by atoms with E-state index in [1.165, 1.54) is 49.7 Å². The molecule has 22 heteroatoms. The van der Waals surface area contributed by atoms with Gasteiger partial charge in [0, 0.05) is 71.5 Å². The van der Waals surface area contributed by atoms with Crippen LogP contribution in [0, 0.1) is 23.7 Å². The van der Waals surface area contributed by atoms with Crippen molar-refractivity contribution in [1.82, 2.24) is 19.6 Å². The number of carbonyl (C=O) groups is 8. The van der Waals surface area contributed by atoms with Crippen LogP contribution in [0.25, 0.3) is 0 Å². The summed E-state index contributed by atoms with van der Waals surface area (Å²) < 4.78 is 47.0. The number of nitrogens with zero attached hydrogens (tertiary/aromatic N) is 6. The van der Waals surface area contributed by atoms with Crippen LogP contribution < -0.4 is 9.80 Å². The van der Waals surface area contributed by atoms with Crippen molar-refractivity contribution in [2.75, 3.05) is 97.3 Å². The minimum absolute atomic E-state index is 0.000472. The summed E-state index contributed by atoms with van der Waals surface area (Å²) in [4.78, 5) is 126. The molecule has 94 heavy (non-hydrogen) atoms. The molecule has 2 saturated carbocycles. The number of hydrogen-bond donors (Lipinski definition) is 0. The average Bonchev–Trinajstić information content (AvgIpc) is 1.20. The first-order chi connectivity index (χ1) is 44.7. The van der Waals surface area contributed by atoms with Crippen LogP contribution in [0.5, 0.6) is 0 Å². The van der Waals surface area contributed by atoms with Gasteiger partial charge < -0.3 is 62.4 Å². The van der Waals surface area contributed by atoms with Gasteiger partial charge in [-0.3, -0.25) is 24.1 Å². The molecule has 518 valence electrons. The average molecular weight is 1310 g/mol. The third kappa shape index (κ3) is 22.8. The van der Waals surface area contributed by atoms with Gasteiger partial charge in [0.15, 0.2) is 24.4 Å². The van der Waals surface area contributed by atoms with Gasteiger partial charge in [-0.05, 0) is 132 Å². The maximum Gasteiger partial charge on any atom is 0.347 e. The maximum absolute atomic E-state index is 15.1. The van der Waals surface area contributed by atoms with Gasteiger partial charge in [0.2, 0.25) is 0 Å². The molecule has 0 unspecified atom stereocenters. The van der Waals surface area contributed by atoms with Crippen LogP contribution in [0.4, 0.5) is 11.4 Å². The third-order valence-electron chi connectivity index (χ3n) is 17.7. The second kappa shape index (κ2) is 35.0. The standard InChI is InChI=1S/C72H104N6O16/c1-47(2)39-59(75(12)65(80)62(43-53-23-27-56(28-24-53)77-31-35-87-36-32-77)93-68(83)58(41-51-19-20-51)73(10)46-90-72(7,8)9)69(84)91-49(5)64(79)74(11)61(42-52-21-22-52)71(86)94-63(44-54-25-29-57(30-26-54)78-33-37-88-38-34-78)66(81)76(13)60(40-48(3)4)70(85)92-50(6)67(82)89-45-55-17-15-14-16-18-55/h14-18,23-30,47-52,58-63H,19-22,31-46H2,1-13H3/t49-,50-,58+,59+,60+,61+,62-,63-/m1/s1. The number of rotatable bonds is 34. The van der Waals surface area contributed by atoms with Crippen molar-refractivity contribution in [3.8, 4) is 0 Å². The number of esters is 5. The van der Waals surface area contributed by atoms with E-state index in [-0.39, 0.29) is 63.2 Å². The van der Waals surface area contributed by atoms with Gasteiger partial charge in [-0.15, -0.1) is 0 Å². The monoisotopic (exact) mass is 1310 g/mol. The lowest BCUT2D eigenvalue weighted by atomic mass is 10.0. The van der Waals surface area contributed by atoms with E-state index in [0.29, 0.717) is 57.4 Å². The highest BCUT2D eigenvalue weighted by molar-refractivity contribution is 5.93. The molecule has 8 atom stereocenters. The minimum atomic E-state index is -1.52. The topological polar surface area (TPSA) is 230 Å². The van der Waals surface area contributed by atoms with E-state index in [4.69, 9.17) is 37.9 Å². The molecule has 3 aromatic rings. The molecule has 3 aromatic carbocycles. The summed E-state index contributed by atoms with van der Waals surface area (Å²) >= 11 is 0. The molecule has 2 saturated heterocycles. The lowest BCUT2D eigenvalue weighted by molar-refractivity contribution is -0.175. The Labute approximate surface area is 556 Å². The second-order valence-electron chi connectivity index (χ2n) is 27.7. The molecule has 2 aliphatic heterocycles. The van der Waals surface area contributed by atoms with Gasteiger partial charge in [-0.2, -0.15) is 0 Å². The number of morpholine rings is 2. The summed E-state index contributed by atoms with van der Waals surface area (Å²) in [6, 6.07) is 19.9. The molecule has 0 bridgehead atoms. The largest absolute Gasteiger partial charge is 0.458 e. The van der Waals surface area contributed by atoms with Crippen molar-refractivity contribution in [2.24, 2.45) is 23.7 Å². The second-order valence-corrected chi connectivity index (χ2v) is 27.7. The molecule has 2 aliphatic carbocycles. The van der Waals surface area contributed by atoms with Crippen LogP contribution in [0.2, 0.25) is 0 Å². The highest BCUT2D eigenvalue weighted by atomic mass is 16.6. The first-order valence-electron chi connectivity index (χ1n) is 33.7. The lowest BCUT2D eigenvalue weighted by Crippen LogP contribution is -2.53. The van der Waals surface area contributed by atoms with E-state index in [0.717, 1.165) is 61.3 Å². The van der Waals surface area contributed by atoms with E-state index < -0.39 is 102 Å². The first kappa shape index (κ1) is 74.3. The Hall–Kier alpha value is -7.14. The van der Waals surface area contributed by atoms with Crippen molar-refractivity contribution in [1.29, 1.82) is 0 Å². The van der Waals surface area contributed by atoms with Gasteiger partial charge >= 0.3 is 29.8 Å². The van der Waals surface area contributed by atoms with Crippen LogP contribution in [-0.2, 0) is 95.7 Å². The molecular formula is C72H104N6O16.